The molecule has 0 fully saturated rings. The van der Waals surface area contributed by atoms with Gasteiger partial charge < -0.3 is 15.7 Å². The van der Waals surface area contributed by atoms with E-state index in [0.717, 1.165) is 16.5 Å². The number of anilines is 1. The third-order valence-electron chi connectivity index (χ3n) is 2.44. The standard InChI is InChI=1S/C13H12N2O2S/c1-8(16)14-13(18)15-11-6-2-5-10-9(11)4-3-7-12(10)17/h2-7,17H,1H3,(H2,14,15,16,18). The number of rotatable bonds is 1. The molecule has 0 saturated carbocycles. The highest BCUT2D eigenvalue weighted by Crippen LogP contribution is 2.29. The number of carbonyl (C=O) groups is 1. The zero-order chi connectivity index (χ0) is 13.1. The van der Waals surface area contributed by atoms with E-state index in [2.05, 4.69) is 10.6 Å². The van der Waals surface area contributed by atoms with Crippen LogP contribution in [0.1, 0.15) is 6.92 Å². The lowest BCUT2D eigenvalue weighted by Crippen LogP contribution is -2.32. The minimum Gasteiger partial charge on any atom is -0.507 e. The Morgan fingerprint density at radius 2 is 1.83 bits per heavy atom. The summed E-state index contributed by atoms with van der Waals surface area (Å²) in [5.74, 6) is -0.0165. The molecule has 5 heteroatoms. The second kappa shape index (κ2) is 5.01. The van der Waals surface area contributed by atoms with Gasteiger partial charge in [0.05, 0.1) is 0 Å². The van der Waals surface area contributed by atoms with Crippen LogP contribution in [0.5, 0.6) is 5.75 Å². The minimum absolute atomic E-state index is 0.210. The quantitative estimate of drug-likeness (QED) is 0.689. The van der Waals surface area contributed by atoms with Gasteiger partial charge in [-0.2, -0.15) is 0 Å². The zero-order valence-electron chi connectivity index (χ0n) is 9.73. The van der Waals surface area contributed by atoms with E-state index < -0.39 is 0 Å². The Kier molecular flexibility index (Phi) is 3.43. The normalized spacial score (nSPS) is 10.1. The Balaban J connectivity index is 2.37. The van der Waals surface area contributed by atoms with E-state index in [1.54, 1.807) is 18.2 Å². The van der Waals surface area contributed by atoms with Crippen molar-refractivity contribution >= 4 is 39.7 Å². The van der Waals surface area contributed by atoms with Gasteiger partial charge in [0.1, 0.15) is 5.75 Å². The molecule has 0 heterocycles. The van der Waals surface area contributed by atoms with Gasteiger partial charge in [0.2, 0.25) is 5.91 Å². The first-order valence-corrected chi connectivity index (χ1v) is 5.78. The Morgan fingerprint density at radius 3 is 2.56 bits per heavy atom. The predicted octanol–water partition coefficient (Wildman–Crippen LogP) is 2.38. The molecule has 0 aromatic heterocycles. The van der Waals surface area contributed by atoms with E-state index in [1.165, 1.54) is 6.92 Å². The minimum atomic E-state index is -0.226. The maximum atomic E-state index is 10.9. The molecule has 0 aliphatic rings. The Hall–Kier alpha value is -2.14. The van der Waals surface area contributed by atoms with Gasteiger partial charge in [0.15, 0.2) is 5.11 Å². The van der Waals surface area contributed by atoms with E-state index in [1.807, 2.05) is 18.2 Å². The van der Waals surface area contributed by atoms with Crippen LogP contribution in [-0.2, 0) is 4.79 Å². The van der Waals surface area contributed by atoms with Crippen molar-refractivity contribution in [1.29, 1.82) is 0 Å². The van der Waals surface area contributed by atoms with Crippen LogP contribution in [0.3, 0.4) is 0 Å². The number of aromatic hydroxyl groups is 1. The summed E-state index contributed by atoms with van der Waals surface area (Å²) in [6.07, 6.45) is 0. The van der Waals surface area contributed by atoms with Crippen molar-refractivity contribution in [2.24, 2.45) is 0 Å². The largest absolute Gasteiger partial charge is 0.507 e. The molecule has 0 saturated heterocycles. The number of nitrogens with one attached hydrogen (secondary N) is 2. The second-order valence-electron chi connectivity index (χ2n) is 3.81. The molecule has 0 bridgehead atoms. The number of hydrogen-bond donors (Lipinski definition) is 3. The van der Waals surface area contributed by atoms with Gasteiger partial charge >= 0.3 is 0 Å². The topological polar surface area (TPSA) is 61.4 Å². The van der Waals surface area contributed by atoms with E-state index in [-0.39, 0.29) is 16.8 Å². The Bertz CT molecular complexity index is 625. The SMILES string of the molecule is CC(=O)NC(=S)Nc1cccc2c(O)cccc12. The van der Waals surface area contributed by atoms with Crippen molar-refractivity contribution in [2.45, 2.75) is 6.92 Å². The van der Waals surface area contributed by atoms with Crippen LogP contribution >= 0.6 is 12.2 Å². The number of hydrogen-bond acceptors (Lipinski definition) is 3. The molecule has 92 valence electrons. The highest BCUT2D eigenvalue weighted by Gasteiger charge is 2.05. The Morgan fingerprint density at radius 1 is 1.17 bits per heavy atom. The van der Waals surface area contributed by atoms with Crippen LogP contribution in [0, 0.1) is 0 Å². The third kappa shape index (κ3) is 2.57. The monoisotopic (exact) mass is 260 g/mol. The third-order valence-corrected chi connectivity index (χ3v) is 2.64. The summed E-state index contributed by atoms with van der Waals surface area (Å²) >= 11 is 5.00. The van der Waals surface area contributed by atoms with E-state index in [4.69, 9.17) is 12.2 Å². The number of phenolic OH excluding ortho intramolecular Hbond substituents is 1. The summed E-state index contributed by atoms with van der Waals surface area (Å²) in [6.45, 7) is 1.39. The van der Waals surface area contributed by atoms with Gasteiger partial charge in [-0.1, -0.05) is 24.3 Å². The lowest BCUT2D eigenvalue weighted by atomic mass is 10.1. The fraction of sp³-hybridized carbons (Fsp3) is 0.0769. The van der Waals surface area contributed by atoms with E-state index in [9.17, 15) is 9.90 Å². The van der Waals surface area contributed by atoms with Crippen LogP contribution in [0.25, 0.3) is 10.8 Å². The summed E-state index contributed by atoms with van der Waals surface area (Å²) in [5, 5.41) is 17.0. The van der Waals surface area contributed by atoms with Gasteiger partial charge in [0, 0.05) is 23.4 Å². The van der Waals surface area contributed by atoms with E-state index >= 15 is 0 Å². The lowest BCUT2D eigenvalue weighted by Gasteiger charge is -2.11. The highest BCUT2D eigenvalue weighted by atomic mass is 32.1. The molecule has 2 aromatic carbocycles. The molecular formula is C13H12N2O2S. The molecule has 2 rings (SSSR count). The average Bonchev–Trinajstić information content (AvgIpc) is 2.29. The number of thiocarbonyl (C=S) groups is 1. The van der Waals surface area contributed by atoms with Crippen LogP contribution in [0.15, 0.2) is 36.4 Å². The number of benzene rings is 2. The van der Waals surface area contributed by atoms with Gasteiger partial charge in [-0.25, -0.2) is 0 Å². The summed E-state index contributed by atoms with van der Waals surface area (Å²) < 4.78 is 0. The van der Waals surface area contributed by atoms with Crippen molar-refractivity contribution in [3.8, 4) is 5.75 Å². The molecule has 0 radical (unpaired) electrons. The van der Waals surface area contributed by atoms with Crippen molar-refractivity contribution in [3.63, 3.8) is 0 Å². The second-order valence-corrected chi connectivity index (χ2v) is 4.22. The van der Waals surface area contributed by atoms with E-state index in [0.29, 0.717) is 0 Å². The molecule has 3 N–H and O–H groups in total. The predicted molar refractivity (Wildman–Crippen MR) is 75.7 cm³/mol. The van der Waals surface area contributed by atoms with Crippen LogP contribution in [-0.4, -0.2) is 16.1 Å². The molecule has 0 atom stereocenters. The molecule has 0 spiro atoms. The fourth-order valence-electron chi connectivity index (χ4n) is 1.72. The number of fused-ring (bicyclic) bond motifs is 1. The number of phenols is 1. The maximum Gasteiger partial charge on any atom is 0.222 e. The van der Waals surface area contributed by atoms with Crippen molar-refractivity contribution < 1.29 is 9.90 Å². The van der Waals surface area contributed by atoms with Gasteiger partial charge in [-0.05, 0) is 24.4 Å². The summed E-state index contributed by atoms with van der Waals surface area (Å²) in [6, 6.07) is 10.7. The van der Waals surface area contributed by atoms with Gasteiger partial charge in [0.25, 0.3) is 0 Å². The fourth-order valence-corrected chi connectivity index (χ4v) is 1.97. The molecule has 0 aliphatic heterocycles. The summed E-state index contributed by atoms with van der Waals surface area (Å²) in [7, 11) is 0. The maximum absolute atomic E-state index is 10.9. The van der Waals surface area contributed by atoms with Crippen molar-refractivity contribution in [1.82, 2.24) is 5.32 Å². The molecular weight excluding hydrogens is 248 g/mol. The van der Waals surface area contributed by atoms with Gasteiger partial charge in [-0.15, -0.1) is 0 Å². The smallest absolute Gasteiger partial charge is 0.222 e. The molecule has 1 amide bonds. The Labute approximate surface area is 110 Å². The van der Waals surface area contributed by atoms with Crippen molar-refractivity contribution in [3.05, 3.63) is 36.4 Å². The average molecular weight is 260 g/mol. The number of carbonyl (C=O) groups excluding carboxylic acids is 1. The zero-order valence-corrected chi connectivity index (χ0v) is 10.5. The number of amides is 1. The molecule has 2 aromatic rings. The first kappa shape index (κ1) is 12.3. The molecule has 4 nitrogen and oxygen atoms in total. The first-order chi connectivity index (χ1) is 8.58. The molecule has 0 aliphatic carbocycles. The van der Waals surface area contributed by atoms with Crippen molar-refractivity contribution in [2.75, 3.05) is 5.32 Å². The van der Waals surface area contributed by atoms with Crippen LogP contribution in [0.4, 0.5) is 5.69 Å². The van der Waals surface area contributed by atoms with Gasteiger partial charge in [-0.3, -0.25) is 4.79 Å². The molecule has 18 heavy (non-hydrogen) atoms. The van der Waals surface area contributed by atoms with Crippen LogP contribution in [0.2, 0.25) is 0 Å². The molecule has 0 unspecified atom stereocenters. The highest BCUT2D eigenvalue weighted by molar-refractivity contribution is 7.80. The van der Waals surface area contributed by atoms with Crippen LogP contribution < -0.4 is 10.6 Å². The first-order valence-electron chi connectivity index (χ1n) is 5.37. The summed E-state index contributed by atoms with van der Waals surface area (Å²) in [5.41, 5.74) is 0.738. The lowest BCUT2D eigenvalue weighted by molar-refractivity contribution is -0.117. The summed E-state index contributed by atoms with van der Waals surface area (Å²) in [4.78, 5) is 10.9.